The molecule has 15 heavy (non-hydrogen) atoms. The molecule has 3 heterocycles. The number of hydrogen-bond donors (Lipinski definition) is 1. The summed E-state index contributed by atoms with van der Waals surface area (Å²) in [4.78, 5) is 3.09. The van der Waals surface area contributed by atoms with Gasteiger partial charge in [0.15, 0.2) is 5.65 Å². The minimum atomic E-state index is 0.671. The molecule has 0 fully saturated rings. The molecular formula is C11H11N3O. The first-order valence-corrected chi connectivity index (χ1v) is 4.97. The van der Waals surface area contributed by atoms with E-state index >= 15 is 0 Å². The Bertz CT molecular complexity index is 608. The minimum Gasteiger partial charge on any atom is -0.492 e. The number of aromatic amines is 1. The molecule has 0 aromatic carbocycles. The highest BCUT2D eigenvalue weighted by Crippen LogP contribution is 2.20. The third-order valence-corrected chi connectivity index (χ3v) is 2.42. The predicted molar refractivity (Wildman–Crippen MR) is 58.2 cm³/mol. The van der Waals surface area contributed by atoms with Crippen molar-refractivity contribution in [1.82, 2.24) is 14.6 Å². The van der Waals surface area contributed by atoms with Gasteiger partial charge in [-0.2, -0.15) is 0 Å². The maximum Gasteiger partial charge on any atom is 0.160 e. The van der Waals surface area contributed by atoms with Gasteiger partial charge in [-0.05, 0) is 25.1 Å². The average molecular weight is 201 g/mol. The normalized spacial score (nSPS) is 11.3. The lowest BCUT2D eigenvalue weighted by Gasteiger charge is -2.02. The van der Waals surface area contributed by atoms with E-state index in [9.17, 15) is 0 Å². The first kappa shape index (κ1) is 8.35. The largest absolute Gasteiger partial charge is 0.492 e. The van der Waals surface area contributed by atoms with E-state index in [0.29, 0.717) is 6.61 Å². The van der Waals surface area contributed by atoms with Crippen molar-refractivity contribution in [3.05, 3.63) is 30.6 Å². The van der Waals surface area contributed by atoms with Crippen LogP contribution in [0.1, 0.15) is 6.92 Å². The van der Waals surface area contributed by atoms with E-state index in [2.05, 4.69) is 10.1 Å². The van der Waals surface area contributed by atoms with Gasteiger partial charge in [-0.25, -0.2) is 4.52 Å². The number of nitrogens with one attached hydrogen (secondary N) is 1. The summed E-state index contributed by atoms with van der Waals surface area (Å²) in [6.07, 6.45) is 3.79. The van der Waals surface area contributed by atoms with Gasteiger partial charge in [0.05, 0.1) is 18.3 Å². The van der Waals surface area contributed by atoms with Crippen molar-refractivity contribution < 1.29 is 4.74 Å². The van der Waals surface area contributed by atoms with E-state index in [0.717, 1.165) is 22.3 Å². The van der Waals surface area contributed by atoms with Gasteiger partial charge in [0.25, 0.3) is 0 Å². The summed E-state index contributed by atoms with van der Waals surface area (Å²) in [6, 6.07) is 6.01. The monoisotopic (exact) mass is 201 g/mol. The molecule has 0 bridgehead atoms. The molecular weight excluding hydrogens is 190 g/mol. The van der Waals surface area contributed by atoms with Crippen LogP contribution in [0.15, 0.2) is 30.6 Å². The molecule has 3 aromatic rings. The quantitative estimate of drug-likeness (QED) is 0.690. The molecule has 4 nitrogen and oxygen atoms in total. The smallest absolute Gasteiger partial charge is 0.160 e. The van der Waals surface area contributed by atoms with Gasteiger partial charge in [0, 0.05) is 11.6 Å². The van der Waals surface area contributed by atoms with E-state index in [1.807, 2.05) is 42.0 Å². The SMILES string of the molecule is CCOc1ccc2c3cc[nH]c3nn2c1. The van der Waals surface area contributed by atoms with Gasteiger partial charge in [-0.1, -0.05) is 0 Å². The van der Waals surface area contributed by atoms with Crippen molar-refractivity contribution in [3.63, 3.8) is 0 Å². The highest BCUT2D eigenvalue weighted by atomic mass is 16.5. The molecule has 0 aliphatic rings. The Morgan fingerprint density at radius 3 is 3.20 bits per heavy atom. The van der Waals surface area contributed by atoms with Crippen molar-refractivity contribution in [2.24, 2.45) is 0 Å². The van der Waals surface area contributed by atoms with Gasteiger partial charge in [0.1, 0.15) is 5.75 Å². The summed E-state index contributed by atoms with van der Waals surface area (Å²) >= 11 is 0. The summed E-state index contributed by atoms with van der Waals surface area (Å²) in [7, 11) is 0. The van der Waals surface area contributed by atoms with E-state index in [1.54, 1.807) is 0 Å². The molecule has 1 N–H and O–H groups in total. The second kappa shape index (κ2) is 3.02. The van der Waals surface area contributed by atoms with Crippen molar-refractivity contribution >= 4 is 16.6 Å². The second-order valence-electron chi connectivity index (χ2n) is 3.37. The third kappa shape index (κ3) is 1.18. The Hall–Kier alpha value is -1.97. The number of H-pyrrole nitrogens is 1. The van der Waals surface area contributed by atoms with Crippen LogP contribution in [0.5, 0.6) is 5.75 Å². The van der Waals surface area contributed by atoms with Crippen LogP contribution in [0, 0.1) is 0 Å². The van der Waals surface area contributed by atoms with Gasteiger partial charge < -0.3 is 9.72 Å². The lowest BCUT2D eigenvalue weighted by Crippen LogP contribution is -1.94. The van der Waals surface area contributed by atoms with Gasteiger partial charge in [-0.3, -0.25) is 0 Å². The lowest BCUT2D eigenvalue weighted by atomic mass is 10.3. The van der Waals surface area contributed by atoms with E-state index in [-0.39, 0.29) is 0 Å². The summed E-state index contributed by atoms with van der Waals surface area (Å²) in [5.74, 6) is 0.843. The zero-order valence-electron chi connectivity index (χ0n) is 8.40. The summed E-state index contributed by atoms with van der Waals surface area (Å²) in [6.45, 7) is 2.64. The van der Waals surface area contributed by atoms with Crippen LogP contribution >= 0.6 is 0 Å². The number of aromatic nitrogens is 3. The summed E-state index contributed by atoms with van der Waals surface area (Å²) in [5.41, 5.74) is 2.00. The Morgan fingerprint density at radius 1 is 1.40 bits per heavy atom. The molecule has 3 aromatic heterocycles. The maximum absolute atomic E-state index is 5.42. The standard InChI is InChI=1S/C11H11N3O/c1-2-15-8-3-4-10-9-5-6-12-11(9)13-14(10)7-8/h3-7H,2H2,1H3,(H,12,13). The van der Waals surface area contributed by atoms with Crippen LogP contribution in [0.2, 0.25) is 0 Å². The van der Waals surface area contributed by atoms with Crippen molar-refractivity contribution in [3.8, 4) is 5.75 Å². The van der Waals surface area contributed by atoms with E-state index < -0.39 is 0 Å². The van der Waals surface area contributed by atoms with E-state index in [4.69, 9.17) is 4.74 Å². The van der Waals surface area contributed by atoms with Gasteiger partial charge >= 0.3 is 0 Å². The number of pyridine rings is 1. The number of rotatable bonds is 2. The fourth-order valence-electron chi connectivity index (χ4n) is 1.78. The molecule has 4 heteroatoms. The average Bonchev–Trinajstić information content (AvgIpc) is 2.77. The van der Waals surface area contributed by atoms with Crippen LogP contribution < -0.4 is 4.74 Å². The predicted octanol–water partition coefficient (Wildman–Crippen LogP) is 2.21. The minimum absolute atomic E-state index is 0.671. The molecule has 0 spiro atoms. The number of hydrogen-bond acceptors (Lipinski definition) is 2. The number of nitrogens with zero attached hydrogens (tertiary/aromatic N) is 2. The maximum atomic E-state index is 5.42. The molecule has 0 saturated heterocycles. The molecule has 3 rings (SSSR count). The summed E-state index contributed by atoms with van der Waals surface area (Å²) < 4.78 is 7.25. The second-order valence-corrected chi connectivity index (χ2v) is 3.37. The molecule has 0 amide bonds. The third-order valence-electron chi connectivity index (χ3n) is 2.42. The van der Waals surface area contributed by atoms with Crippen molar-refractivity contribution in [2.75, 3.05) is 6.61 Å². The fraction of sp³-hybridized carbons (Fsp3) is 0.182. The Balaban J connectivity index is 2.26. The van der Waals surface area contributed by atoms with Crippen LogP contribution in [0.3, 0.4) is 0 Å². The van der Waals surface area contributed by atoms with Gasteiger partial charge in [-0.15, -0.1) is 5.10 Å². The van der Waals surface area contributed by atoms with Crippen LogP contribution in [-0.4, -0.2) is 21.2 Å². The number of ether oxygens (including phenoxy) is 1. The first-order chi connectivity index (χ1) is 7.38. The van der Waals surface area contributed by atoms with Crippen LogP contribution in [0.4, 0.5) is 0 Å². The highest BCUT2D eigenvalue weighted by molar-refractivity contribution is 5.92. The van der Waals surface area contributed by atoms with Crippen molar-refractivity contribution in [2.45, 2.75) is 6.92 Å². The first-order valence-electron chi connectivity index (χ1n) is 4.97. The van der Waals surface area contributed by atoms with Crippen molar-refractivity contribution in [1.29, 1.82) is 0 Å². The number of fused-ring (bicyclic) bond motifs is 3. The Morgan fingerprint density at radius 2 is 2.33 bits per heavy atom. The van der Waals surface area contributed by atoms with E-state index in [1.165, 1.54) is 0 Å². The van der Waals surface area contributed by atoms with Crippen LogP contribution in [-0.2, 0) is 0 Å². The summed E-state index contributed by atoms with van der Waals surface area (Å²) in [5, 5.41) is 5.54. The molecule has 0 aliphatic heterocycles. The Kier molecular flexibility index (Phi) is 1.68. The highest BCUT2D eigenvalue weighted by Gasteiger charge is 2.05. The zero-order valence-corrected chi connectivity index (χ0v) is 8.40. The zero-order chi connectivity index (χ0) is 10.3. The molecule has 0 radical (unpaired) electrons. The molecule has 0 unspecified atom stereocenters. The Labute approximate surface area is 86.5 Å². The van der Waals surface area contributed by atoms with Gasteiger partial charge in [0.2, 0.25) is 0 Å². The molecule has 0 atom stereocenters. The topological polar surface area (TPSA) is 42.3 Å². The molecule has 0 saturated carbocycles. The van der Waals surface area contributed by atoms with Crippen LogP contribution in [0.25, 0.3) is 16.6 Å². The molecule has 0 aliphatic carbocycles. The molecule has 76 valence electrons. The fourth-order valence-corrected chi connectivity index (χ4v) is 1.78. The lowest BCUT2D eigenvalue weighted by molar-refractivity contribution is 0.338.